The zero-order valence-electron chi connectivity index (χ0n) is 9.13. The summed E-state index contributed by atoms with van der Waals surface area (Å²) < 4.78 is 18.2. The van der Waals surface area contributed by atoms with E-state index >= 15 is 0 Å². The van der Waals surface area contributed by atoms with Crippen molar-refractivity contribution in [2.24, 2.45) is 0 Å². The van der Waals surface area contributed by atoms with Crippen LogP contribution in [0.5, 0.6) is 0 Å². The maximum absolute atomic E-state index is 13.1. The Kier molecular flexibility index (Phi) is 2.92. The summed E-state index contributed by atoms with van der Waals surface area (Å²) in [5.74, 6) is -0.604. The lowest BCUT2D eigenvalue weighted by Gasteiger charge is -2.40. The number of esters is 1. The highest BCUT2D eigenvalue weighted by atomic mass is 19.1. The number of halogens is 1. The molecule has 3 nitrogen and oxygen atoms in total. The quantitative estimate of drug-likeness (QED) is 0.783. The molecule has 0 saturated carbocycles. The van der Waals surface area contributed by atoms with Gasteiger partial charge in [-0.3, -0.25) is 4.79 Å². The molecule has 0 unspecified atom stereocenters. The Morgan fingerprint density at radius 2 is 2.31 bits per heavy atom. The minimum Gasteiger partial charge on any atom is -0.465 e. The van der Waals surface area contributed by atoms with Gasteiger partial charge in [0.15, 0.2) is 0 Å². The Hall–Kier alpha value is -1.42. The van der Waals surface area contributed by atoms with Crippen molar-refractivity contribution in [3.63, 3.8) is 0 Å². The van der Waals surface area contributed by atoms with Gasteiger partial charge < -0.3 is 10.1 Å². The summed E-state index contributed by atoms with van der Waals surface area (Å²) in [6, 6.07) is 6.15. The van der Waals surface area contributed by atoms with E-state index in [9.17, 15) is 9.18 Å². The minimum absolute atomic E-state index is 0.278. The summed E-state index contributed by atoms with van der Waals surface area (Å²) >= 11 is 0. The molecule has 0 aromatic heterocycles. The van der Waals surface area contributed by atoms with Gasteiger partial charge in [0.05, 0.1) is 6.61 Å². The number of carbonyl (C=O) groups is 1. The summed E-state index contributed by atoms with van der Waals surface area (Å²) in [6.07, 6.45) is 0. The third kappa shape index (κ3) is 1.69. The van der Waals surface area contributed by atoms with Gasteiger partial charge in [-0.05, 0) is 24.6 Å². The second-order valence-corrected chi connectivity index (χ2v) is 3.92. The first-order valence-corrected chi connectivity index (χ1v) is 5.33. The Balaban J connectivity index is 2.31. The maximum Gasteiger partial charge on any atom is 0.319 e. The number of carbonyl (C=O) groups excluding carboxylic acids is 1. The molecule has 1 saturated heterocycles. The van der Waals surface area contributed by atoms with Crippen LogP contribution in [0, 0.1) is 5.82 Å². The minimum atomic E-state index is -0.696. The van der Waals surface area contributed by atoms with E-state index in [1.807, 2.05) is 0 Å². The molecule has 1 aromatic carbocycles. The average Bonchev–Trinajstić information content (AvgIpc) is 2.16. The molecule has 1 heterocycles. The van der Waals surface area contributed by atoms with E-state index < -0.39 is 5.41 Å². The molecule has 1 aromatic rings. The van der Waals surface area contributed by atoms with E-state index in [0.717, 1.165) is 0 Å². The summed E-state index contributed by atoms with van der Waals surface area (Å²) in [5.41, 5.74) is -0.0114. The van der Waals surface area contributed by atoms with Gasteiger partial charge in [-0.15, -0.1) is 0 Å². The fraction of sp³-hybridized carbons (Fsp3) is 0.417. The average molecular weight is 223 g/mol. The van der Waals surface area contributed by atoms with Crippen molar-refractivity contribution in [1.29, 1.82) is 0 Å². The fourth-order valence-corrected chi connectivity index (χ4v) is 1.90. The number of rotatable bonds is 3. The van der Waals surface area contributed by atoms with Crippen molar-refractivity contribution in [1.82, 2.24) is 5.32 Å². The van der Waals surface area contributed by atoms with Crippen molar-refractivity contribution >= 4 is 5.97 Å². The van der Waals surface area contributed by atoms with Crippen LogP contribution in [0.1, 0.15) is 12.5 Å². The highest BCUT2D eigenvalue weighted by Gasteiger charge is 2.47. The van der Waals surface area contributed by atoms with Crippen LogP contribution in [0.15, 0.2) is 24.3 Å². The first-order chi connectivity index (χ1) is 7.69. The molecule has 4 heteroatoms. The van der Waals surface area contributed by atoms with Gasteiger partial charge >= 0.3 is 5.97 Å². The predicted octanol–water partition coefficient (Wildman–Crippen LogP) is 1.23. The normalized spacial score (nSPS) is 17.6. The summed E-state index contributed by atoms with van der Waals surface area (Å²) in [4.78, 5) is 11.9. The zero-order chi connectivity index (χ0) is 11.6. The van der Waals surface area contributed by atoms with Gasteiger partial charge in [0, 0.05) is 13.1 Å². The van der Waals surface area contributed by atoms with Crippen LogP contribution >= 0.6 is 0 Å². The lowest BCUT2D eigenvalue weighted by molar-refractivity contribution is -0.152. The van der Waals surface area contributed by atoms with E-state index in [0.29, 0.717) is 25.3 Å². The summed E-state index contributed by atoms with van der Waals surface area (Å²) in [5, 5.41) is 3.04. The van der Waals surface area contributed by atoms with E-state index in [1.54, 1.807) is 19.1 Å². The molecule has 0 atom stereocenters. The molecule has 0 spiro atoms. The molecule has 0 aliphatic carbocycles. The SMILES string of the molecule is CCOC(=O)C1(c2cccc(F)c2)CNC1. The second kappa shape index (κ2) is 4.22. The molecular weight excluding hydrogens is 209 g/mol. The smallest absolute Gasteiger partial charge is 0.319 e. The highest BCUT2D eigenvalue weighted by molar-refractivity contribution is 5.85. The standard InChI is InChI=1S/C12H14FNO2/c1-2-16-11(15)12(7-14-8-12)9-4-3-5-10(13)6-9/h3-6,14H,2,7-8H2,1H3. The predicted molar refractivity (Wildman–Crippen MR) is 57.6 cm³/mol. The Labute approximate surface area is 93.6 Å². The molecule has 1 fully saturated rings. The van der Waals surface area contributed by atoms with Crippen LogP contribution < -0.4 is 5.32 Å². The molecule has 0 radical (unpaired) electrons. The number of hydrogen-bond donors (Lipinski definition) is 1. The van der Waals surface area contributed by atoms with E-state index in [1.165, 1.54) is 12.1 Å². The van der Waals surface area contributed by atoms with Gasteiger partial charge in [0.1, 0.15) is 11.2 Å². The molecule has 0 bridgehead atoms. The molecule has 86 valence electrons. The lowest BCUT2D eigenvalue weighted by Crippen LogP contribution is -2.62. The van der Waals surface area contributed by atoms with Gasteiger partial charge in [-0.1, -0.05) is 12.1 Å². The Bertz CT molecular complexity index is 402. The fourth-order valence-electron chi connectivity index (χ4n) is 1.90. The number of ether oxygens (including phenoxy) is 1. The van der Waals surface area contributed by atoms with Gasteiger partial charge in [0.25, 0.3) is 0 Å². The van der Waals surface area contributed by atoms with Crippen molar-refractivity contribution in [3.8, 4) is 0 Å². The molecule has 0 amide bonds. The highest BCUT2D eigenvalue weighted by Crippen LogP contribution is 2.30. The zero-order valence-corrected chi connectivity index (χ0v) is 9.13. The van der Waals surface area contributed by atoms with E-state index in [-0.39, 0.29) is 11.8 Å². The van der Waals surface area contributed by atoms with Gasteiger partial charge in [-0.2, -0.15) is 0 Å². The van der Waals surface area contributed by atoms with Crippen molar-refractivity contribution < 1.29 is 13.9 Å². The van der Waals surface area contributed by atoms with Crippen LogP contribution in [0.4, 0.5) is 4.39 Å². The molecule has 1 N–H and O–H groups in total. The Morgan fingerprint density at radius 1 is 1.56 bits per heavy atom. The Morgan fingerprint density at radius 3 is 2.81 bits per heavy atom. The molecule has 1 aliphatic heterocycles. The van der Waals surface area contributed by atoms with E-state index in [2.05, 4.69) is 5.32 Å². The van der Waals surface area contributed by atoms with Crippen molar-refractivity contribution in [2.75, 3.05) is 19.7 Å². The van der Waals surface area contributed by atoms with Crippen LogP contribution in [0.25, 0.3) is 0 Å². The van der Waals surface area contributed by atoms with Gasteiger partial charge in [-0.25, -0.2) is 4.39 Å². The lowest BCUT2D eigenvalue weighted by atomic mass is 9.75. The maximum atomic E-state index is 13.1. The number of nitrogens with one attached hydrogen (secondary N) is 1. The van der Waals surface area contributed by atoms with Crippen molar-refractivity contribution in [3.05, 3.63) is 35.6 Å². The topological polar surface area (TPSA) is 38.3 Å². The van der Waals surface area contributed by atoms with Crippen LogP contribution in [0.3, 0.4) is 0 Å². The summed E-state index contributed by atoms with van der Waals surface area (Å²) in [7, 11) is 0. The van der Waals surface area contributed by atoms with Crippen LogP contribution in [-0.4, -0.2) is 25.7 Å². The van der Waals surface area contributed by atoms with Crippen LogP contribution in [0.2, 0.25) is 0 Å². The third-order valence-electron chi connectivity index (χ3n) is 2.90. The first kappa shape index (κ1) is 11.1. The molecule has 2 rings (SSSR count). The molecule has 1 aliphatic rings. The third-order valence-corrected chi connectivity index (χ3v) is 2.90. The van der Waals surface area contributed by atoms with E-state index in [4.69, 9.17) is 4.74 Å². The van der Waals surface area contributed by atoms with Crippen LogP contribution in [-0.2, 0) is 14.9 Å². The second-order valence-electron chi connectivity index (χ2n) is 3.92. The summed E-state index contributed by atoms with van der Waals surface area (Å²) in [6.45, 7) is 3.13. The first-order valence-electron chi connectivity index (χ1n) is 5.33. The number of benzene rings is 1. The largest absolute Gasteiger partial charge is 0.465 e. The number of hydrogen-bond acceptors (Lipinski definition) is 3. The molecule has 16 heavy (non-hydrogen) atoms. The van der Waals surface area contributed by atoms with Gasteiger partial charge in [0.2, 0.25) is 0 Å². The monoisotopic (exact) mass is 223 g/mol. The van der Waals surface area contributed by atoms with Crippen molar-refractivity contribution in [2.45, 2.75) is 12.3 Å². The molecular formula is C12H14FNO2.